The van der Waals surface area contributed by atoms with Gasteiger partial charge in [0.25, 0.3) is 5.91 Å². The molecular weight excluding hydrogens is 338 g/mol. The SMILES string of the molecule is Cc1cc(C)cc(OCCNC(=O)C(C)Oc2cccc3ccccc23)c1. The van der Waals surface area contributed by atoms with E-state index in [1.165, 1.54) is 0 Å². The number of amides is 1. The fourth-order valence-corrected chi connectivity index (χ4v) is 3.05. The van der Waals surface area contributed by atoms with Gasteiger partial charge in [-0.05, 0) is 55.5 Å². The summed E-state index contributed by atoms with van der Waals surface area (Å²) in [6.45, 7) is 6.66. The average Bonchev–Trinajstić information content (AvgIpc) is 2.64. The molecule has 3 rings (SSSR count). The van der Waals surface area contributed by atoms with Gasteiger partial charge in [0.15, 0.2) is 6.10 Å². The van der Waals surface area contributed by atoms with Gasteiger partial charge in [-0.3, -0.25) is 4.79 Å². The fraction of sp³-hybridized carbons (Fsp3) is 0.261. The quantitative estimate of drug-likeness (QED) is 0.632. The summed E-state index contributed by atoms with van der Waals surface area (Å²) in [5.41, 5.74) is 2.32. The highest BCUT2D eigenvalue weighted by Gasteiger charge is 2.15. The summed E-state index contributed by atoms with van der Waals surface area (Å²) < 4.78 is 11.6. The normalized spacial score (nSPS) is 11.8. The van der Waals surface area contributed by atoms with Crippen LogP contribution >= 0.6 is 0 Å². The molecule has 1 unspecified atom stereocenters. The fourth-order valence-electron chi connectivity index (χ4n) is 3.05. The topological polar surface area (TPSA) is 47.6 Å². The molecule has 3 aromatic rings. The lowest BCUT2D eigenvalue weighted by Gasteiger charge is -2.16. The number of fused-ring (bicyclic) bond motifs is 1. The van der Waals surface area contributed by atoms with Crippen LogP contribution in [0.4, 0.5) is 0 Å². The minimum absolute atomic E-state index is 0.160. The Morgan fingerprint density at radius 3 is 2.48 bits per heavy atom. The summed E-state index contributed by atoms with van der Waals surface area (Å²) in [7, 11) is 0. The first kappa shape index (κ1) is 18.8. The molecule has 0 saturated carbocycles. The summed E-state index contributed by atoms with van der Waals surface area (Å²) in [5.74, 6) is 1.37. The van der Waals surface area contributed by atoms with E-state index >= 15 is 0 Å². The number of rotatable bonds is 7. The summed E-state index contributed by atoms with van der Waals surface area (Å²) in [5, 5.41) is 4.95. The number of carbonyl (C=O) groups is 1. The molecule has 0 aliphatic carbocycles. The van der Waals surface area contributed by atoms with Gasteiger partial charge in [-0.2, -0.15) is 0 Å². The minimum atomic E-state index is -0.586. The first-order valence-electron chi connectivity index (χ1n) is 9.16. The number of ether oxygens (including phenoxy) is 2. The summed E-state index contributed by atoms with van der Waals surface area (Å²) in [6, 6.07) is 19.9. The maximum absolute atomic E-state index is 12.3. The number of nitrogens with one attached hydrogen (secondary N) is 1. The highest BCUT2D eigenvalue weighted by atomic mass is 16.5. The third-order valence-corrected chi connectivity index (χ3v) is 4.29. The molecule has 0 saturated heterocycles. The van der Waals surface area contributed by atoms with Crippen LogP contribution < -0.4 is 14.8 Å². The zero-order chi connectivity index (χ0) is 19.2. The summed E-state index contributed by atoms with van der Waals surface area (Å²) >= 11 is 0. The molecule has 27 heavy (non-hydrogen) atoms. The molecule has 0 heterocycles. The maximum Gasteiger partial charge on any atom is 0.260 e. The molecule has 0 aliphatic rings. The van der Waals surface area contributed by atoms with Gasteiger partial charge in [0.2, 0.25) is 0 Å². The lowest BCUT2D eigenvalue weighted by atomic mass is 10.1. The Morgan fingerprint density at radius 1 is 1.00 bits per heavy atom. The van der Waals surface area contributed by atoms with E-state index in [4.69, 9.17) is 9.47 Å². The van der Waals surface area contributed by atoms with Crippen molar-refractivity contribution in [1.82, 2.24) is 5.32 Å². The molecule has 0 spiro atoms. The van der Waals surface area contributed by atoms with Gasteiger partial charge in [-0.25, -0.2) is 0 Å². The van der Waals surface area contributed by atoms with E-state index in [0.717, 1.165) is 27.6 Å². The van der Waals surface area contributed by atoms with E-state index in [1.54, 1.807) is 6.92 Å². The van der Waals surface area contributed by atoms with Gasteiger partial charge in [0, 0.05) is 5.39 Å². The van der Waals surface area contributed by atoms with Crippen molar-refractivity contribution >= 4 is 16.7 Å². The number of carbonyl (C=O) groups excluding carboxylic acids is 1. The number of benzene rings is 3. The number of aryl methyl sites for hydroxylation is 2. The van der Waals surface area contributed by atoms with Crippen molar-refractivity contribution < 1.29 is 14.3 Å². The van der Waals surface area contributed by atoms with Gasteiger partial charge < -0.3 is 14.8 Å². The predicted octanol–water partition coefficient (Wildman–Crippen LogP) is 4.42. The van der Waals surface area contributed by atoms with Crippen molar-refractivity contribution in [2.75, 3.05) is 13.2 Å². The number of hydrogen-bond acceptors (Lipinski definition) is 3. The van der Waals surface area contributed by atoms with Gasteiger partial charge in [-0.1, -0.05) is 42.5 Å². The molecule has 0 bridgehead atoms. The van der Waals surface area contributed by atoms with Crippen LogP contribution in [0.15, 0.2) is 60.7 Å². The summed E-state index contributed by atoms with van der Waals surface area (Å²) in [6.07, 6.45) is -0.586. The van der Waals surface area contributed by atoms with E-state index in [9.17, 15) is 4.79 Å². The summed E-state index contributed by atoms with van der Waals surface area (Å²) in [4.78, 5) is 12.3. The minimum Gasteiger partial charge on any atom is -0.492 e. The van der Waals surface area contributed by atoms with Crippen LogP contribution in [0.1, 0.15) is 18.1 Å². The average molecular weight is 363 g/mol. The monoisotopic (exact) mass is 363 g/mol. The molecule has 1 amide bonds. The molecule has 4 heteroatoms. The molecule has 1 N–H and O–H groups in total. The van der Waals surface area contributed by atoms with Crippen LogP contribution in [0.25, 0.3) is 10.8 Å². The van der Waals surface area contributed by atoms with Crippen molar-refractivity contribution in [2.24, 2.45) is 0 Å². The van der Waals surface area contributed by atoms with Gasteiger partial charge >= 0.3 is 0 Å². The Kier molecular flexibility index (Phi) is 5.97. The molecule has 4 nitrogen and oxygen atoms in total. The highest BCUT2D eigenvalue weighted by molar-refractivity contribution is 5.89. The molecule has 3 aromatic carbocycles. The molecule has 0 aromatic heterocycles. The third kappa shape index (κ3) is 5.00. The molecule has 0 aliphatic heterocycles. The van der Waals surface area contributed by atoms with Crippen molar-refractivity contribution in [3.63, 3.8) is 0 Å². The van der Waals surface area contributed by atoms with Crippen LogP contribution in [0, 0.1) is 13.8 Å². The van der Waals surface area contributed by atoms with Crippen LogP contribution in [-0.4, -0.2) is 25.2 Å². The molecule has 0 fully saturated rings. The maximum atomic E-state index is 12.3. The second-order valence-electron chi connectivity index (χ2n) is 6.70. The Morgan fingerprint density at radius 2 is 1.70 bits per heavy atom. The highest BCUT2D eigenvalue weighted by Crippen LogP contribution is 2.26. The van der Waals surface area contributed by atoms with Crippen LogP contribution in [0.3, 0.4) is 0 Å². The standard InChI is InChI=1S/C23H25NO3/c1-16-13-17(2)15-20(14-16)26-12-11-24-23(25)18(3)27-22-10-6-8-19-7-4-5-9-21(19)22/h4-10,13-15,18H,11-12H2,1-3H3,(H,24,25). The lowest BCUT2D eigenvalue weighted by Crippen LogP contribution is -2.38. The van der Waals surface area contributed by atoms with E-state index < -0.39 is 6.10 Å². The Labute approximate surface area is 160 Å². The van der Waals surface area contributed by atoms with Gasteiger partial charge in [0.05, 0.1) is 6.54 Å². The number of hydrogen-bond donors (Lipinski definition) is 1. The first-order valence-corrected chi connectivity index (χ1v) is 9.16. The first-order chi connectivity index (χ1) is 13.0. The Hall–Kier alpha value is -3.01. The van der Waals surface area contributed by atoms with Crippen LogP contribution in [0.2, 0.25) is 0 Å². The second-order valence-corrected chi connectivity index (χ2v) is 6.70. The second kappa shape index (κ2) is 8.58. The van der Waals surface area contributed by atoms with Crippen molar-refractivity contribution in [3.05, 3.63) is 71.8 Å². The zero-order valence-electron chi connectivity index (χ0n) is 16.0. The van der Waals surface area contributed by atoms with E-state index in [1.807, 2.05) is 68.4 Å². The third-order valence-electron chi connectivity index (χ3n) is 4.29. The van der Waals surface area contributed by atoms with Crippen molar-refractivity contribution in [3.8, 4) is 11.5 Å². The predicted molar refractivity (Wildman–Crippen MR) is 108 cm³/mol. The largest absolute Gasteiger partial charge is 0.492 e. The smallest absolute Gasteiger partial charge is 0.260 e. The lowest BCUT2D eigenvalue weighted by molar-refractivity contribution is -0.127. The Balaban J connectivity index is 1.50. The van der Waals surface area contributed by atoms with Crippen LogP contribution in [-0.2, 0) is 4.79 Å². The van der Waals surface area contributed by atoms with Crippen molar-refractivity contribution in [2.45, 2.75) is 26.9 Å². The van der Waals surface area contributed by atoms with E-state index in [-0.39, 0.29) is 5.91 Å². The van der Waals surface area contributed by atoms with Crippen LogP contribution in [0.5, 0.6) is 11.5 Å². The van der Waals surface area contributed by atoms with Gasteiger partial charge in [-0.15, -0.1) is 0 Å². The molecular formula is C23H25NO3. The van der Waals surface area contributed by atoms with Crippen molar-refractivity contribution in [1.29, 1.82) is 0 Å². The molecule has 140 valence electrons. The zero-order valence-corrected chi connectivity index (χ0v) is 16.0. The van der Waals surface area contributed by atoms with Gasteiger partial charge in [0.1, 0.15) is 18.1 Å². The van der Waals surface area contributed by atoms with E-state index in [2.05, 4.69) is 11.4 Å². The molecule has 0 radical (unpaired) electrons. The molecule has 1 atom stereocenters. The Bertz CT molecular complexity index is 910. The van der Waals surface area contributed by atoms with E-state index in [0.29, 0.717) is 18.9 Å².